The fourth-order valence-corrected chi connectivity index (χ4v) is 3.59. The molecule has 1 saturated carbocycles. The van der Waals surface area contributed by atoms with Gasteiger partial charge in [0.05, 0.1) is 25.5 Å². The molecule has 1 atom stereocenters. The summed E-state index contributed by atoms with van der Waals surface area (Å²) in [6.45, 7) is 2.92. The number of ether oxygens (including phenoxy) is 2. The number of guanidine groups is 1. The van der Waals surface area contributed by atoms with Gasteiger partial charge in [0, 0.05) is 44.5 Å². The monoisotopic (exact) mass is 383 g/mol. The van der Waals surface area contributed by atoms with Crippen LogP contribution in [0.25, 0.3) is 0 Å². The highest BCUT2D eigenvalue weighted by Crippen LogP contribution is 2.27. The molecule has 0 radical (unpaired) electrons. The van der Waals surface area contributed by atoms with E-state index < -0.39 is 0 Å². The second-order valence-electron chi connectivity index (χ2n) is 7.43. The molecule has 7 heteroatoms. The molecule has 2 aromatic rings. The standard InChI is InChI=1S/C21H29N5O2/c1-22-21(26-10-11-27-20(15-26)17-13-24-25(2)14-17)23-12-16-6-3-4-9-19(16)28-18-7-5-8-18/h3-4,6,9,13-14,18,20H,5,7-8,10-12,15H2,1-2H3,(H,22,23). The number of hydrogen-bond donors (Lipinski definition) is 1. The Labute approximate surface area is 166 Å². The lowest BCUT2D eigenvalue weighted by atomic mass is 9.96. The maximum Gasteiger partial charge on any atom is 0.194 e. The van der Waals surface area contributed by atoms with E-state index in [9.17, 15) is 0 Å². The van der Waals surface area contributed by atoms with Gasteiger partial charge in [-0.1, -0.05) is 18.2 Å². The Balaban J connectivity index is 1.38. The highest BCUT2D eigenvalue weighted by molar-refractivity contribution is 5.80. The molecule has 7 nitrogen and oxygen atoms in total. The Hall–Kier alpha value is -2.54. The second kappa shape index (κ2) is 8.65. The molecule has 1 saturated heterocycles. The Morgan fingerprint density at radius 1 is 1.36 bits per heavy atom. The van der Waals surface area contributed by atoms with E-state index in [-0.39, 0.29) is 6.10 Å². The minimum absolute atomic E-state index is 0.00948. The molecule has 1 aliphatic heterocycles. The fourth-order valence-electron chi connectivity index (χ4n) is 3.59. The second-order valence-corrected chi connectivity index (χ2v) is 7.43. The number of nitrogens with one attached hydrogen (secondary N) is 1. The van der Waals surface area contributed by atoms with Crippen LogP contribution in [0, 0.1) is 0 Å². The number of aryl methyl sites for hydroxylation is 1. The van der Waals surface area contributed by atoms with Crippen LogP contribution in [0.15, 0.2) is 41.7 Å². The van der Waals surface area contributed by atoms with Crippen LogP contribution in [0.2, 0.25) is 0 Å². The van der Waals surface area contributed by atoms with Gasteiger partial charge in [0.15, 0.2) is 5.96 Å². The van der Waals surface area contributed by atoms with Crippen LogP contribution < -0.4 is 10.1 Å². The number of benzene rings is 1. The van der Waals surface area contributed by atoms with Gasteiger partial charge in [-0.2, -0.15) is 5.10 Å². The maximum atomic E-state index is 6.15. The van der Waals surface area contributed by atoms with Gasteiger partial charge < -0.3 is 19.7 Å². The molecule has 4 rings (SSSR count). The molecule has 0 bridgehead atoms. The van der Waals surface area contributed by atoms with Crippen molar-refractivity contribution in [2.24, 2.45) is 12.0 Å². The number of nitrogens with zero attached hydrogens (tertiary/aromatic N) is 4. The SMILES string of the molecule is CN=C(NCc1ccccc1OC1CCC1)N1CCOC(c2cnn(C)c2)C1. The van der Waals surface area contributed by atoms with Crippen LogP contribution in [0.1, 0.15) is 36.5 Å². The van der Waals surface area contributed by atoms with Crippen LogP contribution in [-0.2, 0) is 18.3 Å². The van der Waals surface area contributed by atoms with Crippen molar-refractivity contribution in [1.29, 1.82) is 0 Å². The van der Waals surface area contributed by atoms with Crippen LogP contribution in [-0.4, -0.2) is 53.5 Å². The van der Waals surface area contributed by atoms with E-state index in [1.807, 2.05) is 37.2 Å². The van der Waals surface area contributed by atoms with Crippen LogP contribution >= 0.6 is 0 Å². The van der Waals surface area contributed by atoms with Crippen molar-refractivity contribution < 1.29 is 9.47 Å². The van der Waals surface area contributed by atoms with Gasteiger partial charge >= 0.3 is 0 Å². The van der Waals surface area contributed by atoms with Crippen molar-refractivity contribution in [3.8, 4) is 5.75 Å². The molecule has 1 N–H and O–H groups in total. The lowest BCUT2D eigenvalue weighted by Gasteiger charge is -2.35. The summed E-state index contributed by atoms with van der Waals surface area (Å²) >= 11 is 0. The third-order valence-electron chi connectivity index (χ3n) is 5.43. The first-order valence-corrected chi connectivity index (χ1v) is 10.0. The van der Waals surface area contributed by atoms with Crippen molar-refractivity contribution in [2.75, 3.05) is 26.7 Å². The first kappa shape index (κ1) is 18.8. The van der Waals surface area contributed by atoms with Gasteiger partial charge in [0.1, 0.15) is 11.9 Å². The van der Waals surface area contributed by atoms with Gasteiger partial charge in [-0.3, -0.25) is 9.67 Å². The summed E-state index contributed by atoms with van der Waals surface area (Å²) < 4.78 is 13.9. The van der Waals surface area contributed by atoms with Crippen LogP contribution in [0.4, 0.5) is 0 Å². The molecule has 2 aliphatic rings. The van der Waals surface area contributed by atoms with E-state index >= 15 is 0 Å². The predicted molar refractivity (Wildman–Crippen MR) is 108 cm³/mol. The summed E-state index contributed by atoms with van der Waals surface area (Å²) in [6.07, 6.45) is 7.86. The van der Waals surface area contributed by atoms with E-state index in [1.54, 1.807) is 0 Å². The molecule has 1 aromatic carbocycles. The van der Waals surface area contributed by atoms with E-state index in [2.05, 4.69) is 38.5 Å². The van der Waals surface area contributed by atoms with Crippen molar-refractivity contribution in [3.63, 3.8) is 0 Å². The van der Waals surface area contributed by atoms with Crippen molar-refractivity contribution in [3.05, 3.63) is 47.8 Å². The normalized spacial score (nSPS) is 20.7. The summed E-state index contributed by atoms with van der Waals surface area (Å²) in [7, 11) is 3.75. The average Bonchev–Trinajstić information content (AvgIpc) is 3.13. The van der Waals surface area contributed by atoms with Gasteiger partial charge in [-0.15, -0.1) is 0 Å². The predicted octanol–water partition coefficient (Wildman–Crippen LogP) is 2.50. The van der Waals surface area contributed by atoms with Crippen LogP contribution in [0.5, 0.6) is 5.75 Å². The molecular formula is C21H29N5O2. The summed E-state index contributed by atoms with van der Waals surface area (Å²) in [5, 5.41) is 7.76. The largest absolute Gasteiger partial charge is 0.490 e. The van der Waals surface area contributed by atoms with E-state index in [4.69, 9.17) is 9.47 Å². The van der Waals surface area contributed by atoms with Gasteiger partial charge in [0.2, 0.25) is 0 Å². The number of rotatable bonds is 5. The molecule has 28 heavy (non-hydrogen) atoms. The van der Waals surface area contributed by atoms with Crippen molar-refractivity contribution >= 4 is 5.96 Å². The molecule has 2 fully saturated rings. The number of aromatic nitrogens is 2. The zero-order valence-electron chi connectivity index (χ0n) is 16.7. The third-order valence-corrected chi connectivity index (χ3v) is 5.43. The maximum absolute atomic E-state index is 6.15. The quantitative estimate of drug-likeness (QED) is 0.635. The number of aliphatic imine (C=N–C) groups is 1. The summed E-state index contributed by atoms with van der Waals surface area (Å²) in [4.78, 5) is 6.74. The first-order chi connectivity index (χ1) is 13.7. The Morgan fingerprint density at radius 2 is 2.21 bits per heavy atom. The topological polar surface area (TPSA) is 63.9 Å². The van der Waals surface area contributed by atoms with Gasteiger partial charge in [-0.05, 0) is 25.3 Å². The summed E-state index contributed by atoms with van der Waals surface area (Å²) in [5.74, 6) is 1.86. The molecule has 1 aromatic heterocycles. The number of hydrogen-bond acceptors (Lipinski definition) is 4. The minimum atomic E-state index is 0.00948. The molecule has 0 spiro atoms. The van der Waals surface area contributed by atoms with E-state index in [0.29, 0.717) is 19.3 Å². The first-order valence-electron chi connectivity index (χ1n) is 10.0. The molecule has 2 heterocycles. The fraction of sp³-hybridized carbons (Fsp3) is 0.524. The van der Waals surface area contributed by atoms with Crippen molar-refractivity contribution in [2.45, 2.75) is 38.0 Å². The number of morpholine rings is 1. The lowest BCUT2D eigenvalue weighted by Crippen LogP contribution is -2.47. The summed E-state index contributed by atoms with van der Waals surface area (Å²) in [5.41, 5.74) is 2.26. The minimum Gasteiger partial charge on any atom is -0.490 e. The Kier molecular flexibility index (Phi) is 5.81. The molecular weight excluding hydrogens is 354 g/mol. The highest BCUT2D eigenvalue weighted by Gasteiger charge is 2.25. The molecule has 150 valence electrons. The van der Waals surface area contributed by atoms with Gasteiger partial charge in [-0.25, -0.2) is 0 Å². The smallest absolute Gasteiger partial charge is 0.194 e. The van der Waals surface area contributed by atoms with E-state index in [1.165, 1.54) is 6.42 Å². The zero-order valence-corrected chi connectivity index (χ0v) is 16.7. The Morgan fingerprint density at radius 3 is 2.93 bits per heavy atom. The Bertz CT molecular complexity index is 815. The van der Waals surface area contributed by atoms with E-state index in [0.717, 1.165) is 48.8 Å². The third kappa shape index (κ3) is 4.30. The highest BCUT2D eigenvalue weighted by atomic mass is 16.5. The van der Waals surface area contributed by atoms with Crippen molar-refractivity contribution in [1.82, 2.24) is 20.0 Å². The lowest BCUT2D eigenvalue weighted by molar-refractivity contribution is -0.00806. The summed E-state index contributed by atoms with van der Waals surface area (Å²) in [6, 6.07) is 8.27. The van der Waals surface area contributed by atoms with Crippen LogP contribution in [0.3, 0.4) is 0 Å². The molecule has 0 amide bonds. The molecule has 1 aliphatic carbocycles. The molecule has 1 unspecified atom stereocenters. The zero-order chi connectivity index (χ0) is 19.3. The average molecular weight is 383 g/mol. The van der Waals surface area contributed by atoms with Gasteiger partial charge in [0.25, 0.3) is 0 Å². The number of para-hydroxylation sites is 1.